The van der Waals surface area contributed by atoms with Crippen LogP contribution in [-0.2, 0) is 4.74 Å². The van der Waals surface area contributed by atoms with E-state index < -0.39 is 0 Å². The largest absolute Gasteiger partial charge is 0.446 e. The molecule has 0 saturated heterocycles. The van der Waals surface area contributed by atoms with Crippen LogP contribution in [0.2, 0.25) is 0 Å². The number of fused-ring (bicyclic) bond motifs is 1. The van der Waals surface area contributed by atoms with Gasteiger partial charge in [-0.1, -0.05) is 13.0 Å². The van der Waals surface area contributed by atoms with Crippen molar-refractivity contribution in [1.29, 1.82) is 0 Å². The monoisotopic (exact) mass is 367 g/mol. The summed E-state index contributed by atoms with van der Waals surface area (Å²) in [5.41, 5.74) is 4.50. The summed E-state index contributed by atoms with van der Waals surface area (Å²) in [6, 6.07) is 6.62. The number of nitrogens with one attached hydrogen (secondary N) is 2. The first-order valence-corrected chi connectivity index (χ1v) is 10.2. The lowest BCUT2D eigenvalue weighted by atomic mass is 9.96. The Morgan fingerprint density at radius 1 is 1.41 bits per heavy atom. The second-order valence-corrected chi connectivity index (χ2v) is 7.78. The highest BCUT2D eigenvalue weighted by molar-refractivity contribution is 5.96. The van der Waals surface area contributed by atoms with Gasteiger partial charge in [0.15, 0.2) is 0 Å². The zero-order valence-electron chi connectivity index (χ0n) is 16.3. The summed E-state index contributed by atoms with van der Waals surface area (Å²) >= 11 is 0. The zero-order chi connectivity index (χ0) is 18.8. The summed E-state index contributed by atoms with van der Waals surface area (Å²) in [7, 11) is 0. The third-order valence-electron chi connectivity index (χ3n) is 6.05. The molecule has 1 aromatic carbocycles. The maximum absolute atomic E-state index is 12.0. The molecule has 1 amide bonds. The minimum absolute atomic E-state index is 0.0948. The van der Waals surface area contributed by atoms with Crippen LogP contribution in [0.3, 0.4) is 0 Å². The lowest BCUT2D eigenvalue weighted by molar-refractivity contribution is 0.0624. The molecule has 2 heterocycles. The smallest absolute Gasteiger partial charge is 0.411 e. The summed E-state index contributed by atoms with van der Waals surface area (Å²) in [5, 5.41) is 4.03. The number of hydrogen-bond acceptors (Lipinski definition) is 3. The molecule has 5 nitrogen and oxygen atoms in total. The van der Waals surface area contributed by atoms with Gasteiger partial charge in [-0.2, -0.15) is 0 Å². The van der Waals surface area contributed by atoms with Crippen molar-refractivity contribution >= 4 is 28.3 Å². The van der Waals surface area contributed by atoms with E-state index >= 15 is 0 Å². The first-order valence-electron chi connectivity index (χ1n) is 10.2. The SMILES string of the molecule is CCC(C)N1CC=C(c2c[nH]c3ccc(NC(=O)OC4CCC4)cc23)CC1. The van der Waals surface area contributed by atoms with Crippen molar-refractivity contribution in [3.8, 4) is 0 Å². The number of ether oxygens (including phenoxy) is 1. The normalized spacial score (nSPS) is 19.4. The zero-order valence-corrected chi connectivity index (χ0v) is 16.3. The van der Waals surface area contributed by atoms with Gasteiger partial charge >= 0.3 is 6.09 Å². The minimum atomic E-state index is -0.350. The Labute approximate surface area is 160 Å². The predicted molar refractivity (Wildman–Crippen MR) is 110 cm³/mol. The van der Waals surface area contributed by atoms with Gasteiger partial charge in [0.05, 0.1) is 0 Å². The molecule has 1 unspecified atom stereocenters. The quantitative estimate of drug-likeness (QED) is 0.768. The molecule has 5 heteroatoms. The highest BCUT2D eigenvalue weighted by atomic mass is 16.6. The van der Waals surface area contributed by atoms with Crippen LogP contribution in [0.4, 0.5) is 10.5 Å². The fourth-order valence-corrected chi connectivity index (χ4v) is 3.84. The molecule has 4 rings (SSSR count). The average molecular weight is 367 g/mol. The van der Waals surface area contributed by atoms with Gasteiger partial charge in [-0.05, 0) is 62.8 Å². The third kappa shape index (κ3) is 3.88. The van der Waals surface area contributed by atoms with Crippen LogP contribution in [-0.4, -0.2) is 41.2 Å². The van der Waals surface area contributed by atoms with E-state index in [4.69, 9.17) is 4.74 Å². The van der Waals surface area contributed by atoms with Crippen molar-refractivity contribution < 1.29 is 9.53 Å². The van der Waals surface area contributed by atoms with E-state index in [0.717, 1.165) is 55.4 Å². The van der Waals surface area contributed by atoms with Crippen molar-refractivity contribution in [3.63, 3.8) is 0 Å². The maximum atomic E-state index is 12.0. The van der Waals surface area contributed by atoms with E-state index in [0.29, 0.717) is 6.04 Å². The Kier molecular flexibility index (Phi) is 5.21. The number of carbonyl (C=O) groups is 1. The van der Waals surface area contributed by atoms with Crippen molar-refractivity contribution in [1.82, 2.24) is 9.88 Å². The second-order valence-electron chi connectivity index (χ2n) is 7.78. The number of amides is 1. The molecular formula is C22H29N3O2. The van der Waals surface area contributed by atoms with Gasteiger partial charge < -0.3 is 9.72 Å². The molecular weight excluding hydrogens is 338 g/mol. The summed E-state index contributed by atoms with van der Waals surface area (Å²) in [6.07, 6.45) is 9.54. The van der Waals surface area contributed by atoms with Gasteiger partial charge in [0.1, 0.15) is 6.10 Å². The van der Waals surface area contributed by atoms with Crippen molar-refractivity contribution in [2.75, 3.05) is 18.4 Å². The fourth-order valence-electron chi connectivity index (χ4n) is 3.84. The fraction of sp³-hybridized carbons (Fsp3) is 0.500. The molecule has 1 aromatic heterocycles. The standard InChI is InChI=1S/C22H29N3O2/c1-3-15(2)25-11-9-16(10-12-25)20-14-23-21-8-7-17(13-19(20)21)24-22(26)27-18-5-4-6-18/h7-9,13-15,18,23H,3-6,10-12H2,1-2H3,(H,24,26). The van der Waals surface area contributed by atoms with Gasteiger partial charge in [0, 0.05) is 47.5 Å². The first kappa shape index (κ1) is 18.1. The molecule has 2 N–H and O–H groups in total. The van der Waals surface area contributed by atoms with Gasteiger partial charge in [0.2, 0.25) is 0 Å². The maximum Gasteiger partial charge on any atom is 0.411 e. The van der Waals surface area contributed by atoms with Crippen LogP contribution in [0.25, 0.3) is 16.5 Å². The molecule has 1 fully saturated rings. The minimum Gasteiger partial charge on any atom is -0.446 e. The Morgan fingerprint density at radius 2 is 2.26 bits per heavy atom. The summed E-state index contributed by atoms with van der Waals surface area (Å²) in [5.74, 6) is 0. The number of rotatable bonds is 5. The third-order valence-corrected chi connectivity index (χ3v) is 6.05. The molecule has 0 bridgehead atoms. The molecule has 2 aliphatic rings. The molecule has 1 atom stereocenters. The summed E-state index contributed by atoms with van der Waals surface area (Å²) < 4.78 is 5.40. The lowest BCUT2D eigenvalue weighted by Crippen LogP contribution is -2.35. The van der Waals surface area contributed by atoms with E-state index in [1.165, 1.54) is 17.6 Å². The van der Waals surface area contributed by atoms with E-state index in [1.54, 1.807) is 0 Å². The van der Waals surface area contributed by atoms with E-state index in [1.807, 2.05) is 18.2 Å². The Hall–Kier alpha value is -2.27. The number of anilines is 1. The van der Waals surface area contributed by atoms with Crippen LogP contribution in [0.5, 0.6) is 0 Å². The number of carbonyl (C=O) groups excluding carboxylic acids is 1. The van der Waals surface area contributed by atoms with Gasteiger partial charge in [0.25, 0.3) is 0 Å². The molecule has 1 aliphatic heterocycles. The van der Waals surface area contributed by atoms with Crippen LogP contribution in [0.1, 0.15) is 51.5 Å². The van der Waals surface area contributed by atoms with Gasteiger partial charge in [-0.3, -0.25) is 10.2 Å². The van der Waals surface area contributed by atoms with E-state index in [9.17, 15) is 4.79 Å². The van der Waals surface area contributed by atoms with Crippen LogP contribution in [0.15, 0.2) is 30.5 Å². The molecule has 0 radical (unpaired) electrons. The Balaban J connectivity index is 1.50. The predicted octanol–water partition coefficient (Wildman–Crippen LogP) is 5.16. The van der Waals surface area contributed by atoms with Crippen LogP contribution >= 0.6 is 0 Å². The van der Waals surface area contributed by atoms with Crippen molar-refractivity contribution in [2.24, 2.45) is 0 Å². The van der Waals surface area contributed by atoms with Gasteiger partial charge in [-0.15, -0.1) is 0 Å². The molecule has 1 aliphatic carbocycles. The summed E-state index contributed by atoms with van der Waals surface area (Å²) in [6.45, 7) is 6.64. The second kappa shape index (κ2) is 7.77. The molecule has 0 spiro atoms. The van der Waals surface area contributed by atoms with Crippen LogP contribution in [0, 0.1) is 0 Å². The topological polar surface area (TPSA) is 57.4 Å². The van der Waals surface area contributed by atoms with Crippen molar-refractivity contribution in [2.45, 2.75) is 58.1 Å². The van der Waals surface area contributed by atoms with Crippen LogP contribution < -0.4 is 5.32 Å². The van der Waals surface area contributed by atoms with E-state index in [-0.39, 0.29) is 12.2 Å². The number of hydrogen-bond donors (Lipinski definition) is 2. The van der Waals surface area contributed by atoms with Crippen molar-refractivity contribution in [3.05, 3.63) is 36.0 Å². The summed E-state index contributed by atoms with van der Waals surface area (Å²) in [4.78, 5) is 17.9. The van der Waals surface area contributed by atoms with E-state index in [2.05, 4.69) is 41.3 Å². The van der Waals surface area contributed by atoms with Gasteiger partial charge in [-0.25, -0.2) is 4.79 Å². The average Bonchev–Trinajstić information content (AvgIpc) is 3.07. The Bertz CT molecular complexity index is 850. The number of aromatic nitrogens is 1. The Morgan fingerprint density at radius 3 is 2.93 bits per heavy atom. The highest BCUT2D eigenvalue weighted by Gasteiger charge is 2.22. The first-order chi connectivity index (χ1) is 13.1. The lowest BCUT2D eigenvalue weighted by Gasteiger charge is -2.31. The number of H-pyrrole nitrogens is 1. The molecule has 27 heavy (non-hydrogen) atoms. The molecule has 2 aromatic rings. The molecule has 1 saturated carbocycles. The highest BCUT2D eigenvalue weighted by Crippen LogP contribution is 2.31. The number of benzene rings is 1. The molecule has 144 valence electrons. The number of aromatic amines is 1. The number of nitrogens with zero attached hydrogens (tertiary/aromatic N) is 1.